The standard InChI is InChI=1S/C21H15Cl3O3S/c1-26-17-8-6-13(5-7-16(25)19-9-10-20(23)28-19)11-14(17)12-27-18-4-2-3-15(22)21(18)24/h2-11H,12H2,1H3/b7-5+. The van der Waals surface area contributed by atoms with Gasteiger partial charge in [-0.1, -0.05) is 53.0 Å². The van der Waals surface area contributed by atoms with Crippen LogP contribution in [0.3, 0.4) is 0 Å². The Bertz CT molecular complexity index is 1030. The molecule has 3 rings (SSSR count). The first-order chi connectivity index (χ1) is 13.5. The highest BCUT2D eigenvalue weighted by atomic mass is 35.5. The highest BCUT2D eigenvalue weighted by molar-refractivity contribution is 7.18. The van der Waals surface area contributed by atoms with Gasteiger partial charge in [-0.05, 0) is 48.0 Å². The molecular weight excluding hydrogens is 439 g/mol. The van der Waals surface area contributed by atoms with Gasteiger partial charge >= 0.3 is 0 Å². The molecule has 0 aliphatic rings. The van der Waals surface area contributed by atoms with Crippen LogP contribution in [0.5, 0.6) is 11.5 Å². The van der Waals surface area contributed by atoms with Crippen molar-refractivity contribution in [3.63, 3.8) is 0 Å². The third kappa shape index (κ3) is 5.09. The van der Waals surface area contributed by atoms with Crippen molar-refractivity contribution in [2.75, 3.05) is 7.11 Å². The molecule has 1 heterocycles. The molecule has 0 aliphatic carbocycles. The van der Waals surface area contributed by atoms with E-state index >= 15 is 0 Å². The Morgan fingerprint density at radius 3 is 2.61 bits per heavy atom. The molecule has 0 fully saturated rings. The van der Waals surface area contributed by atoms with Crippen LogP contribution in [-0.4, -0.2) is 12.9 Å². The van der Waals surface area contributed by atoms with Gasteiger partial charge < -0.3 is 9.47 Å². The van der Waals surface area contributed by atoms with Crippen molar-refractivity contribution in [3.8, 4) is 11.5 Å². The largest absolute Gasteiger partial charge is 0.496 e. The Balaban J connectivity index is 1.77. The lowest BCUT2D eigenvalue weighted by atomic mass is 10.1. The molecule has 7 heteroatoms. The maximum atomic E-state index is 12.2. The first kappa shape index (κ1) is 20.7. The Labute approximate surface area is 182 Å². The van der Waals surface area contributed by atoms with E-state index in [2.05, 4.69) is 0 Å². The van der Waals surface area contributed by atoms with E-state index < -0.39 is 0 Å². The number of carbonyl (C=O) groups excluding carboxylic acids is 1. The van der Waals surface area contributed by atoms with Crippen molar-refractivity contribution in [2.24, 2.45) is 0 Å². The van der Waals surface area contributed by atoms with Crippen LogP contribution >= 0.6 is 46.1 Å². The molecule has 1 aromatic heterocycles. The van der Waals surface area contributed by atoms with Crippen molar-refractivity contribution in [2.45, 2.75) is 6.61 Å². The zero-order valence-corrected chi connectivity index (χ0v) is 17.8. The van der Waals surface area contributed by atoms with E-state index in [4.69, 9.17) is 44.3 Å². The smallest absolute Gasteiger partial charge is 0.195 e. The molecule has 0 N–H and O–H groups in total. The third-order valence-corrected chi connectivity index (χ3v) is 5.89. The van der Waals surface area contributed by atoms with Crippen LogP contribution in [0.25, 0.3) is 6.08 Å². The quantitative estimate of drug-likeness (QED) is 0.280. The number of methoxy groups -OCH3 is 1. The van der Waals surface area contributed by atoms with E-state index in [1.807, 2.05) is 18.2 Å². The van der Waals surface area contributed by atoms with Crippen molar-refractivity contribution in [3.05, 3.63) is 85.0 Å². The zero-order valence-electron chi connectivity index (χ0n) is 14.7. The summed E-state index contributed by atoms with van der Waals surface area (Å²) in [6.45, 7) is 0.236. The van der Waals surface area contributed by atoms with E-state index in [0.717, 1.165) is 11.1 Å². The number of halogens is 3. The Kier molecular flexibility index (Phi) is 7.03. The molecule has 28 heavy (non-hydrogen) atoms. The molecule has 0 saturated carbocycles. The molecular formula is C21H15Cl3O3S. The lowest BCUT2D eigenvalue weighted by Crippen LogP contribution is -2.00. The van der Waals surface area contributed by atoms with Gasteiger partial charge in [0.2, 0.25) is 0 Å². The van der Waals surface area contributed by atoms with Gasteiger partial charge in [0.05, 0.1) is 21.3 Å². The zero-order chi connectivity index (χ0) is 20.1. The van der Waals surface area contributed by atoms with Gasteiger partial charge in [-0.25, -0.2) is 0 Å². The van der Waals surface area contributed by atoms with E-state index in [-0.39, 0.29) is 12.4 Å². The van der Waals surface area contributed by atoms with Crippen LogP contribution < -0.4 is 9.47 Å². The number of hydrogen-bond acceptors (Lipinski definition) is 4. The number of ketones is 1. The maximum Gasteiger partial charge on any atom is 0.195 e. The highest BCUT2D eigenvalue weighted by Gasteiger charge is 2.10. The van der Waals surface area contributed by atoms with Gasteiger partial charge in [0.1, 0.15) is 23.1 Å². The second-order valence-electron chi connectivity index (χ2n) is 5.71. The Hall–Kier alpha value is -1.98. The number of carbonyl (C=O) groups is 1. The van der Waals surface area contributed by atoms with E-state index in [9.17, 15) is 4.79 Å². The van der Waals surface area contributed by atoms with E-state index in [1.54, 1.807) is 43.5 Å². The van der Waals surface area contributed by atoms with Gasteiger partial charge in [-0.3, -0.25) is 4.79 Å². The molecule has 0 saturated heterocycles. The fraction of sp³-hybridized carbons (Fsp3) is 0.0952. The molecule has 3 nitrogen and oxygen atoms in total. The van der Waals surface area contributed by atoms with E-state index in [1.165, 1.54) is 17.4 Å². The van der Waals surface area contributed by atoms with Gasteiger partial charge in [-0.2, -0.15) is 0 Å². The predicted octanol–water partition coefficient (Wildman–Crippen LogP) is 7.19. The van der Waals surface area contributed by atoms with Crippen LogP contribution in [0.1, 0.15) is 20.8 Å². The van der Waals surface area contributed by atoms with Gasteiger partial charge in [0.15, 0.2) is 5.78 Å². The van der Waals surface area contributed by atoms with E-state index in [0.29, 0.717) is 30.8 Å². The summed E-state index contributed by atoms with van der Waals surface area (Å²) in [7, 11) is 1.59. The summed E-state index contributed by atoms with van der Waals surface area (Å²) in [5.41, 5.74) is 1.65. The molecule has 0 atom stereocenters. The molecule has 0 amide bonds. The first-order valence-electron chi connectivity index (χ1n) is 8.19. The Morgan fingerprint density at radius 2 is 1.89 bits per heavy atom. The average molecular weight is 454 g/mol. The van der Waals surface area contributed by atoms with Crippen molar-refractivity contribution in [1.82, 2.24) is 0 Å². The topological polar surface area (TPSA) is 35.5 Å². The van der Waals surface area contributed by atoms with Gasteiger partial charge in [-0.15, -0.1) is 11.3 Å². The van der Waals surface area contributed by atoms with Crippen molar-refractivity contribution < 1.29 is 14.3 Å². The molecule has 144 valence electrons. The van der Waals surface area contributed by atoms with Crippen LogP contribution in [-0.2, 0) is 6.61 Å². The molecule has 0 radical (unpaired) electrons. The number of thiophene rings is 1. The minimum absolute atomic E-state index is 0.101. The molecule has 0 aliphatic heterocycles. The normalized spacial score (nSPS) is 11.0. The minimum atomic E-state index is -0.101. The highest BCUT2D eigenvalue weighted by Crippen LogP contribution is 2.33. The number of benzene rings is 2. The lowest BCUT2D eigenvalue weighted by molar-refractivity contribution is 0.105. The number of hydrogen-bond donors (Lipinski definition) is 0. The second kappa shape index (κ2) is 9.48. The Morgan fingerprint density at radius 1 is 1.07 bits per heavy atom. The summed E-state index contributed by atoms with van der Waals surface area (Å²) in [5.74, 6) is 1.06. The van der Waals surface area contributed by atoms with Gasteiger partial charge in [0, 0.05) is 5.56 Å². The fourth-order valence-electron chi connectivity index (χ4n) is 2.47. The fourth-order valence-corrected chi connectivity index (χ4v) is 3.78. The van der Waals surface area contributed by atoms with Crippen LogP contribution in [0, 0.1) is 0 Å². The predicted molar refractivity (Wildman–Crippen MR) is 116 cm³/mol. The monoisotopic (exact) mass is 452 g/mol. The molecule has 3 aromatic rings. The SMILES string of the molecule is COc1ccc(/C=C/C(=O)c2ccc(Cl)s2)cc1COc1cccc(Cl)c1Cl. The molecule has 0 bridgehead atoms. The van der Waals surface area contributed by atoms with Crippen LogP contribution in [0.2, 0.25) is 14.4 Å². The van der Waals surface area contributed by atoms with Crippen LogP contribution in [0.15, 0.2) is 54.6 Å². The molecule has 0 unspecified atom stereocenters. The summed E-state index contributed by atoms with van der Waals surface area (Å²) in [4.78, 5) is 12.8. The number of ether oxygens (including phenoxy) is 2. The van der Waals surface area contributed by atoms with Crippen molar-refractivity contribution in [1.29, 1.82) is 0 Å². The third-order valence-electron chi connectivity index (χ3n) is 3.85. The number of rotatable bonds is 7. The average Bonchev–Trinajstić information content (AvgIpc) is 3.13. The summed E-state index contributed by atoms with van der Waals surface area (Å²) in [6, 6.07) is 14.2. The minimum Gasteiger partial charge on any atom is -0.496 e. The van der Waals surface area contributed by atoms with Crippen molar-refractivity contribution >= 4 is 58.0 Å². The summed E-state index contributed by atoms with van der Waals surface area (Å²) in [5, 5.41) is 0.786. The summed E-state index contributed by atoms with van der Waals surface area (Å²) < 4.78 is 11.8. The van der Waals surface area contributed by atoms with Crippen LogP contribution in [0.4, 0.5) is 0 Å². The summed E-state index contributed by atoms with van der Waals surface area (Å²) in [6.07, 6.45) is 3.26. The lowest BCUT2D eigenvalue weighted by Gasteiger charge is -2.12. The summed E-state index contributed by atoms with van der Waals surface area (Å²) >= 11 is 19.3. The number of allylic oxidation sites excluding steroid dienone is 1. The molecule has 0 spiro atoms. The first-order valence-corrected chi connectivity index (χ1v) is 10.1. The maximum absolute atomic E-state index is 12.2. The van der Waals surface area contributed by atoms with Gasteiger partial charge in [0.25, 0.3) is 0 Å². The second-order valence-corrected chi connectivity index (χ2v) is 8.21. The molecule has 2 aromatic carbocycles.